The second kappa shape index (κ2) is 6.03. The lowest BCUT2D eigenvalue weighted by Crippen LogP contribution is -2.31. The zero-order valence-electron chi connectivity index (χ0n) is 11.6. The molecule has 1 aromatic rings. The zero-order valence-corrected chi connectivity index (χ0v) is 13.2. The number of hydrogen-bond acceptors (Lipinski definition) is 5. The van der Waals surface area contributed by atoms with E-state index in [0.29, 0.717) is 16.3 Å². The van der Waals surface area contributed by atoms with Crippen molar-refractivity contribution in [1.82, 2.24) is 5.43 Å². The van der Waals surface area contributed by atoms with Crippen molar-refractivity contribution in [2.75, 3.05) is 6.61 Å². The molecular weight excluding hydrogens is 316 g/mol. The van der Waals surface area contributed by atoms with E-state index in [1.165, 1.54) is 18.2 Å². The first kappa shape index (κ1) is 15.8. The van der Waals surface area contributed by atoms with Crippen LogP contribution in [0.5, 0.6) is 0 Å². The van der Waals surface area contributed by atoms with Gasteiger partial charge in [-0.15, -0.1) is 0 Å². The van der Waals surface area contributed by atoms with Gasteiger partial charge in [0.1, 0.15) is 0 Å². The fraction of sp³-hybridized carbons (Fsp3) is 0.385. The van der Waals surface area contributed by atoms with Gasteiger partial charge >= 0.3 is 6.09 Å². The molecule has 0 unspecified atom stereocenters. The first-order valence-corrected chi connectivity index (χ1v) is 8.31. The molecule has 0 bridgehead atoms. The Kier molecular flexibility index (Phi) is 4.53. The Balaban J connectivity index is 2.44. The number of benzene rings is 1. The molecule has 0 aliphatic carbocycles. The van der Waals surface area contributed by atoms with E-state index in [1.807, 2.05) is 0 Å². The molecule has 0 saturated heterocycles. The van der Waals surface area contributed by atoms with Gasteiger partial charge in [0.25, 0.3) is 0 Å². The molecule has 1 amide bonds. The van der Waals surface area contributed by atoms with Gasteiger partial charge in [-0.3, -0.25) is 0 Å². The van der Waals surface area contributed by atoms with Gasteiger partial charge in [0, 0.05) is 17.0 Å². The molecule has 1 aromatic carbocycles. The molecule has 21 heavy (non-hydrogen) atoms. The van der Waals surface area contributed by atoms with E-state index in [1.54, 1.807) is 13.8 Å². The van der Waals surface area contributed by atoms with Crippen molar-refractivity contribution >= 4 is 33.2 Å². The fourth-order valence-electron chi connectivity index (χ4n) is 2.07. The minimum Gasteiger partial charge on any atom is -0.449 e. The number of sulfone groups is 1. The zero-order chi connectivity index (χ0) is 15.6. The van der Waals surface area contributed by atoms with Gasteiger partial charge in [0.15, 0.2) is 9.84 Å². The van der Waals surface area contributed by atoms with Crippen molar-refractivity contribution in [2.45, 2.75) is 30.4 Å². The van der Waals surface area contributed by atoms with Crippen molar-refractivity contribution in [2.24, 2.45) is 5.10 Å². The number of hydrogen-bond donors (Lipinski definition) is 1. The lowest BCUT2D eigenvalue weighted by atomic mass is 10.1. The van der Waals surface area contributed by atoms with Crippen LogP contribution in [0.1, 0.15) is 25.8 Å². The molecule has 0 radical (unpaired) electrons. The summed E-state index contributed by atoms with van der Waals surface area (Å²) in [6.07, 6.45) is -0.489. The van der Waals surface area contributed by atoms with Crippen LogP contribution in [0.4, 0.5) is 4.79 Å². The highest BCUT2D eigenvalue weighted by Gasteiger charge is 2.34. The van der Waals surface area contributed by atoms with Gasteiger partial charge < -0.3 is 4.74 Å². The molecule has 1 atom stereocenters. The Morgan fingerprint density at radius 1 is 1.52 bits per heavy atom. The smallest absolute Gasteiger partial charge is 0.427 e. The van der Waals surface area contributed by atoms with Gasteiger partial charge in [-0.25, -0.2) is 18.6 Å². The summed E-state index contributed by atoms with van der Waals surface area (Å²) in [7, 11) is -3.40. The van der Waals surface area contributed by atoms with Crippen LogP contribution in [0.2, 0.25) is 5.02 Å². The summed E-state index contributed by atoms with van der Waals surface area (Å²) >= 11 is 5.92. The maximum absolute atomic E-state index is 12.3. The topological polar surface area (TPSA) is 84.8 Å². The van der Waals surface area contributed by atoms with Crippen LogP contribution in [-0.2, 0) is 14.6 Å². The average molecular weight is 331 g/mol. The Morgan fingerprint density at radius 3 is 2.90 bits per heavy atom. The SMILES string of the molecule is CCOC(=O)N/N=C1/C[C@H](C)S(=O)(=O)c2ccc(Cl)cc21. The van der Waals surface area contributed by atoms with E-state index >= 15 is 0 Å². The molecule has 1 aliphatic heterocycles. The number of nitrogens with one attached hydrogen (secondary N) is 1. The minimum atomic E-state index is -3.40. The normalized spacial score (nSPS) is 21.7. The second-order valence-electron chi connectivity index (χ2n) is 4.59. The highest BCUT2D eigenvalue weighted by atomic mass is 35.5. The first-order chi connectivity index (χ1) is 9.86. The number of nitrogens with zero attached hydrogens (tertiary/aromatic N) is 1. The summed E-state index contributed by atoms with van der Waals surface area (Å²) in [5.41, 5.74) is 3.13. The largest absolute Gasteiger partial charge is 0.449 e. The number of ether oxygens (including phenoxy) is 1. The summed E-state index contributed by atoms with van der Waals surface area (Å²) < 4.78 is 29.3. The summed E-state index contributed by atoms with van der Waals surface area (Å²) in [6, 6.07) is 4.51. The molecule has 0 fully saturated rings. The van der Waals surface area contributed by atoms with Crippen LogP contribution < -0.4 is 5.43 Å². The highest BCUT2D eigenvalue weighted by molar-refractivity contribution is 7.92. The average Bonchev–Trinajstić information content (AvgIpc) is 2.41. The summed E-state index contributed by atoms with van der Waals surface area (Å²) in [5, 5.41) is 3.76. The molecule has 0 spiro atoms. The van der Waals surface area contributed by atoms with Gasteiger partial charge in [-0.1, -0.05) is 11.6 Å². The monoisotopic (exact) mass is 330 g/mol. The van der Waals surface area contributed by atoms with E-state index in [9.17, 15) is 13.2 Å². The van der Waals surface area contributed by atoms with Crippen LogP contribution in [0, 0.1) is 0 Å². The molecular formula is C13H15ClN2O4S. The summed E-state index contributed by atoms with van der Waals surface area (Å²) in [5.74, 6) is 0. The number of rotatable bonds is 2. The molecule has 0 aromatic heterocycles. The molecule has 1 N–H and O–H groups in total. The number of hydrazone groups is 1. The van der Waals surface area contributed by atoms with Crippen LogP contribution >= 0.6 is 11.6 Å². The Hall–Kier alpha value is -1.60. The van der Waals surface area contributed by atoms with Crippen LogP contribution in [0.15, 0.2) is 28.2 Å². The van der Waals surface area contributed by atoms with Gasteiger partial charge in [-0.05, 0) is 32.0 Å². The number of carbonyl (C=O) groups excluding carboxylic acids is 1. The summed E-state index contributed by atoms with van der Waals surface area (Å²) in [4.78, 5) is 11.5. The molecule has 8 heteroatoms. The van der Waals surface area contributed by atoms with Gasteiger partial charge in [0.2, 0.25) is 0 Å². The van der Waals surface area contributed by atoms with E-state index in [2.05, 4.69) is 10.5 Å². The highest BCUT2D eigenvalue weighted by Crippen LogP contribution is 2.31. The van der Waals surface area contributed by atoms with Crippen LogP contribution in [0.25, 0.3) is 0 Å². The number of halogens is 1. The van der Waals surface area contributed by atoms with Gasteiger partial charge in [-0.2, -0.15) is 5.10 Å². The van der Waals surface area contributed by atoms with E-state index in [4.69, 9.17) is 16.3 Å². The first-order valence-electron chi connectivity index (χ1n) is 6.39. The molecule has 1 aliphatic rings. The number of fused-ring (bicyclic) bond motifs is 1. The third-order valence-corrected chi connectivity index (χ3v) is 5.56. The van der Waals surface area contributed by atoms with Crippen molar-refractivity contribution in [3.05, 3.63) is 28.8 Å². The van der Waals surface area contributed by atoms with Crippen molar-refractivity contribution in [3.8, 4) is 0 Å². The van der Waals surface area contributed by atoms with E-state index < -0.39 is 21.2 Å². The lowest BCUT2D eigenvalue weighted by molar-refractivity contribution is 0.152. The van der Waals surface area contributed by atoms with E-state index in [-0.39, 0.29) is 17.9 Å². The standard InChI is InChI=1S/C13H15ClN2O4S/c1-3-20-13(17)16-15-11-6-8(2)21(18,19)12-5-4-9(14)7-10(11)12/h4-5,7-8H,3,6H2,1-2H3,(H,16,17)/b15-11-/t8-/m0/s1. The number of carbonyl (C=O) groups is 1. The number of amides is 1. The molecule has 114 valence electrons. The quantitative estimate of drug-likeness (QED) is 0.843. The Morgan fingerprint density at radius 2 is 2.24 bits per heavy atom. The summed E-state index contributed by atoms with van der Waals surface area (Å²) in [6.45, 7) is 3.51. The predicted molar refractivity (Wildman–Crippen MR) is 79.4 cm³/mol. The van der Waals surface area contributed by atoms with Crippen molar-refractivity contribution in [1.29, 1.82) is 0 Å². The third kappa shape index (κ3) is 3.19. The lowest BCUT2D eigenvalue weighted by Gasteiger charge is -2.23. The van der Waals surface area contributed by atoms with Gasteiger partial charge in [0.05, 0.1) is 22.5 Å². The van der Waals surface area contributed by atoms with Crippen LogP contribution in [-0.4, -0.2) is 32.1 Å². The maximum Gasteiger partial charge on any atom is 0.427 e. The van der Waals surface area contributed by atoms with E-state index in [0.717, 1.165) is 0 Å². The Labute approximate surface area is 128 Å². The molecule has 1 heterocycles. The predicted octanol–water partition coefficient (Wildman–Crippen LogP) is 2.36. The molecule has 6 nitrogen and oxygen atoms in total. The molecule has 2 rings (SSSR count). The van der Waals surface area contributed by atoms with Crippen LogP contribution in [0.3, 0.4) is 0 Å². The van der Waals surface area contributed by atoms with Crippen molar-refractivity contribution in [3.63, 3.8) is 0 Å². The van der Waals surface area contributed by atoms with Crippen molar-refractivity contribution < 1.29 is 17.9 Å². The minimum absolute atomic E-state index is 0.176. The molecule has 0 saturated carbocycles. The second-order valence-corrected chi connectivity index (χ2v) is 7.36. The maximum atomic E-state index is 12.3. The Bertz CT molecular complexity index is 700. The third-order valence-electron chi connectivity index (χ3n) is 3.13. The fourth-order valence-corrected chi connectivity index (χ4v) is 3.79.